The first-order valence-electron chi connectivity index (χ1n) is 2.98. The number of rotatable bonds is 2. The first-order chi connectivity index (χ1) is 4.20. The van der Waals surface area contributed by atoms with Crippen molar-refractivity contribution in [2.24, 2.45) is 4.99 Å². The van der Waals surface area contributed by atoms with Crippen molar-refractivity contribution in [1.29, 1.82) is 0 Å². The molecule has 1 N–H and O–H groups in total. The van der Waals surface area contributed by atoms with Crippen LogP contribution in [0.5, 0.6) is 0 Å². The van der Waals surface area contributed by atoms with Gasteiger partial charge in [-0.15, -0.1) is 0 Å². The van der Waals surface area contributed by atoms with Crippen LogP contribution in [0, 0.1) is 0 Å². The molecule has 0 aromatic rings. The lowest BCUT2D eigenvalue weighted by molar-refractivity contribution is 0.356. The van der Waals surface area contributed by atoms with Gasteiger partial charge in [0.25, 0.3) is 0 Å². The Bertz CT molecular complexity index is 136. The first kappa shape index (κ1) is 8.37. The fraction of sp³-hybridized carbons (Fsp3) is 0.571. The van der Waals surface area contributed by atoms with E-state index in [0.717, 1.165) is 11.4 Å². The Hall–Kier alpha value is -0.630. The molecular formula is C7H13NO. The number of aliphatic hydroxyl groups is 1. The van der Waals surface area contributed by atoms with Crippen molar-refractivity contribution in [2.45, 2.75) is 20.8 Å². The van der Waals surface area contributed by atoms with Gasteiger partial charge in [0.05, 0.1) is 6.61 Å². The highest BCUT2D eigenvalue weighted by Gasteiger charge is 1.84. The second-order valence-electron chi connectivity index (χ2n) is 1.94. The van der Waals surface area contributed by atoms with Crippen LogP contribution in [0.3, 0.4) is 0 Å². The van der Waals surface area contributed by atoms with Crippen molar-refractivity contribution >= 4 is 5.71 Å². The third kappa shape index (κ3) is 3.91. The summed E-state index contributed by atoms with van der Waals surface area (Å²) in [6, 6.07) is 0. The van der Waals surface area contributed by atoms with Gasteiger partial charge in [-0.1, -0.05) is 6.08 Å². The summed E-state index contributed by atoms with van der Waals surface area (Å²) in [5, 5.41) is 8.52. The molecule has 0 aromatic carbocycles. The molecule has 0 unspecified atom stereocenters. The van der Waals surface area contributed by atoms with Gasteiger partial charge >= 0.3 is 0 Å². The molecule has 0 radical (unpaired) electrons. The summed E-state index contributed by atoms with van der Waals surface area (Å²) < 4.78 is 0. The number of allylic oxidation sites excluding steroid dienone is 2. The maximum absolute atomic E-state index is 8.52. The Balaban J connectivity index is 3.95. The van der Waals surface area contributed by atoms with E-state index in [1.165, 1.54) is 0 Å². The first-order valence-corrected chi connectivity index (χ1v) is 2.98. The lowest BCUT2D eigenvalue weighted by Gasteiger charge is -1.92. The molecule has 52 valence electrons. The number of aliphatic imine (C=N–C) groups is 1. The van der Waals surface area contributed by atoms with Gasteiger partial charge in [0, 0.05) is 11.4 Å². The van der Waals surface area contributed by atoms with Crippen LogP contribution in [0.4, 0.5) is 0 Å². The van der Waals surface area contributed by atoms with Crippen molar-refractivity contribution in [2.75, 3.05) is 6.61 Å². The van der Waals surface area contributed by atoms with E-state index in [4.69, 9.17) is 5.11 Å². The molecule has 0 atom stereocenters. The van der Waals surface area contributed by atoms with Gasteiger partial charge in [0.2, 0.25) is 0 Å². The molecule has 0 bridgehead atoms. The fourth-order valence-corrected chi connectivity index (χ4v) is 0.401. The SMILES string of the molecule is C/C=C(/C)N=C(C)CO. The molecular weight excluding hydrogens is 114 g/mol. The van der Waals surface area contributed by atoms with Crippen molar-refractivity contribution < 1.29 is 5.11 Å². The van der Waals surface area contributed by atoms with Crippen molar-refractivity contribution in [1.82, 2.24) is 0 Å². The average Bonchev–Trinajstić information content (AvgIpc) is 1.87. The molecule has 0 heterocycles. The molecule has 0 aliphatic rings. The largest absolute Gasteiger partial charge is 0.390 e. The highest BCUT2D eigenvalue weighted by Crippen LogP contribution is 1.93. The molecule has 2 heteroatoms. The van der Waals surface area contributed by atoms with Crippen LogP contribution in [-0.4, -0.2) is 17.4 Å². The third-order valence-corrected chi connectivity index (χ3v) is 1.01. The Morgan fingerprint density at radius 2 is 2.11 bits per heavy atom. The smallest absolute Gasteiger partial charge is 0.0810 e. The molecule has 0 rings (SSSR count). The summed E-state index contributed by atoms with van der Waals surface area (Å²) in [5.74, 6) is 0. The molecule has 0 spiro atoms. The lowest BCUT2D eigenvalue weighted by atomic mass is 10.4. The van der Waals surface area contributed by atoms with Crippen molar-refractivity contribution in [3.63, 3.8) is 0 Å². The Kier molecular flexibility index (Phi) is 3.97. The number of hydrogen-bond acceptors (Lipinski definition) is 2. The van der Waals surface area contributed by atoms with Crippen LogP contribution in [-0.2, 0) is 0 Å². The van der Waals surface area contributed by atoms with Crippen LogP contribution >= 0.6 is 0 Å². The Morgan fingerprint density at radius 1 is 1.56 bits per heavy atom. The highest BCUT2D eigenvalue weighted by atomic mass is 16.3. The van der Waals surface area contributed by atoms with Gasteiger partial charge < -0.3 is 5.11 Å². The number of hydrogen-bond donors (Lipinski definition) is 1. The Morgan fingerprint density at radius 3 is 2.44 bits per heavy atom. The normalized spacial score (nSPS) is 14.2. The minimum Gasteiger partial charge on any atom is -0.390 e. The standard InChI is InChI=1S/C7H13NO/c1-4-6(2)8-7(3)5-9/h4,9H,5H2,1-3H3/b6-4-,8-7?. The van der Waals surface area contributed by atoms with Crippen LogP contribution in [0.2, 0.25) is 0 Å². The van der Waals surface area contributed by atoms with Gasteiger partial charge in [-0.3, -0.25) is 4.99 Å². The van der Waals surface area contributed by atoms with E-state index >= 15 is 0 Å². The minimum atomic E-state index is 0.0468. The molecule has 2 nitrogen and oxygen atoms in total. The molecule has 0 aliphatic heterocycles. The topological polar surface area (TPSA) is 32.6 Å². The maximum Gasteiger partial charge on any atom is 0.0810 e. The van der Waals surface area contributed by atoms with E-state index in [9.17, 15) is 0 Å². The van der Waals surface area contributed by atoms with E-state index in [1.807, 2.05) is 19.9 Å². The Labute approximate surface area is 55.9 Å². The van der Waals surface area contributed by atoms with E-state index < -0.39 is 0 Å². The van der Waals surface area contributed by atoms with Gasteiger partial charge in [0.15, 0.2) is 0 Å². The van der Waals surface area contributed by atoms with Gasteiger partial charge in [-0.05, 0) is 20.8 Å². The number of nitrogens with zero attached hydrogens (tertiary/aromatic N) is 1. The predicted molar refractivity (Wildman–Crippen MR) is 39.6 cm³/mol. The molecule has 0 saturated carbocycles. The molecule has 0 amide bonds. The number of aliphatic hydroxyl groups excluding tert-OH is 1. The molecule has 0 aliphatic carbocycles. The van der Waals surface area contributed by atoms with Gasteiger partial charge in [0.1, 0.15) is 0 Å². The molecule has 0 aromatic heterocycles. The fourth-order valence-electron chi connectivity index (χ4n) is 0.401. The van der Waals surface area contributed by atoms with Gasteiger partial charge in [-0.2, -0.15) is 0 Å². The van der Waals surface area contributed by atoms with Crippen LogP contribution < -0.4 is 0 Å². The zero-order valence-corrected chi connectivity index (χ0v) is 6.18. The van der Waals surface area contributed by atoms with Crippen LogP contribution in [0.15, 0.2) is 16.8 Å². The molecule has 9 heavy (non-hydrogen) atoms. The quantitative estimate of drug-likeness (QED) is 0.558. The van der Waals surface area contributed by atoms with Crippen molar-refractivity contribution in [3.8, 4) is 0 Å². The summed E-state index contributed by atoms with van der Waals surface area (Å²) in [7, 11) is 0. The van der Waals surface area contributed by atoms with Crippen molar-refractivity contribution in [3.05, 3.63) is 11.8 Å². The van der Waals surface area contributed by atoms with Gasteiger partial charge in [-0.25, -0.2) is 0 Å². The minimum absolute atomic E-state index is 0.0468. The zero-order chi connectivity index (χ0) is 7.28. The van der Waals surface area contributed by atoms with Crippen LogP contribution in [0.25, 0.3) is 0 Å². The predicted octanol–water partition coefficient (Wildman–Crippen LogP) is 1.36. The van der Waals surface area contributed by atoms with Crippen LogP contribution in [0.1, 0.15) is 20.8 Å². The monoisotopic (exact) mass is 127 g/mol. The van der Waals surface area contributed by atoms with E-state index in [1.54, 1.807) is 6.92 Å². The summed E-state index contributed by atoms with van der Waals surface area (Å²) in [4.78, 5) is 4.04. The highest BCUT2D eigenvalue weighted by molar-refractivity contribution is 5.83. The van der Waals surface area contributed by atoms with E-state index in [0.29, 0.717) is 0 Å². The summed E-state index contributed by atoms with van der Waals surface area (Å²) in [6.07, 6.45) is 1.90. The zero-order valence-electron chi connectivity index (χ0n) is 6.18. The van der Waals surface area contributed by atoms with E-state index in [-0.39, 0.29) is 6.61 Å². The maximum atomic E-state index is 8.52. The summed E-state index contributed by atoms with van der Waals surface area (Å²) in [6.45, 7) is 5.67. The molecule has 0 fully saturated rings. The lowest BCUT2D eigenvalue weighted by Crippen LogP contribution is -1.96. The summed E-state index contributed by atoms with van der Waals surface area (Å²) in [5.41, 5.74) is 1.70. The molecule has 0 saturated heterocycles. The average molecular weight is 127 g/mol. The third-order valence-electron chi connectivity index (χ3n) is 1.01. The van der Waals surface area contributed by atoms with E-state index in [2.05, 4.69) is 4.99 Å². The second kappa shape index (κ2) is 4.27. The summed E-state index contributed by atoms with van der Waals surface area (Å²) >= 11 is 0. The second-order valence-corrected chi connectivity index (χ2v) is 1.94.